The number of fused-ring (bicyclic) bond motifs is 1. The van der Waals surface area contributed by atoms with E-state index in [1.807, 2.05) is 0 Å². The van der Waals surface area contributed by atoms with Gasteiger partial charge in [-0.15, -0.1) is 0 Å². The molecule has 0 aliphatic heterocycles. The van der Waals surface area contributed by atoms with Gasteiger partial charge in [0.2, 0.25) is 5.78 Å². The van der Waals surface area contributed by atoms with Crippen LogP contribution in [-0.4, -0.2) is 11.5 Å². The molecule has 0 N–H and O–H groups in total. The van der Waals surface area contributed by atoms with Gasteiger partial charge < -0.3 is 0 Å². The highest BCUT2D eigenvalue weighted by Gasteiger charge is 2.46. The van der Waals surface area contributed by atoms with Gasteiger partial charge in [-0.25, -0.2) is 4.39 Å². The molecule has 1 atom stereocenters. The highest BCUT2D eigenvalue weighted by Crippen LogP contribution is 2.33. The highest BCUT2D eigenvalue weighted by atomic mass is 35.5. The third-order valence-corrected chi connectivity index (χ3v) is 2.52. The fraction of sp³-hybridized carbons (Fsp3) is 0.200. The normalized spacial score (nSPS) is 24.5. The maximum Gasteiger partial charge on any atom is 0.261 e. The zero-order valence-electron chi connectivity index (χ0n) is 7.05. The molecular formula is C10H5ClFNO. The van der Waals surface area contributed by atoms with E-state index in [0.717, 1.165) is 0 Å². The lowest BCUT2D eigenvalue weighted by molar-refractivity contribution is 0.0820. The van der Waals surface area contributed by atoms with Crippen LogP contribution < -0.4 is 0 Å². The van der Waals surface area contributed by atoms with Gasteiger partial charge in [0.25, 0.3) is 5.67 Å². The summed E-state index contributed by atoms with van der Waals surface area (Å²) in [5.74, 6) is -0.758. The zero-order chi connectivity index (χ0) is 10.3. The minimum absolute atomic E-state index is 0.196. The van der Waals surface area contributed by atoms with E-state index >= 15 is 0 Å². The van der Waals surface area contributed by atoms with Crippen LogP contribution in [0.5, 0.6) is 0 Å². The lowest BCUT2D eigenvalue weighted by atomic mass is 10.0. The van der Waals surface area contributed by atoms with Crippen LogP contribution in [0.4, 0.5) is 4.39 Å². The molecule has 1 aromatic rings. The molecular weight excluding hydrogens is 205 g/mol. The Kier molecular flexibility index (Phi) is 1.83. The topological polar surface area (TPSA) is 40.9 Å². The van der Waals surface area contributed by atoms with E-state index in [-0.39, 0.29) is 12.0 Å². The van der Waals surface area contributed by atoms with E-state index < -0.39 is 11.5 Å². The summed E-state index contributed by atoms with van der Waals surface area (Å²) in [7, 11) is 0. The Balaban J connectivity index is 2.57. The molecule has 1 aromatic carbocycles. The molecule has 14 heavy (non-hydrogen) atoms. The van der Waals surface area contributed by atoms with Crippen LogP contribution in [0.1, 0.15) is 15.9 Å². The van der Waals surface area contributed by atoms with Crippen molar-refractivity contribution in [1.82, 2.24) is 0 Å². The molecule has 0 unspecified atom stereocenters. The molecule has 0 bridgehead atoms. The number of halogens is 2. The second-order valence-corrected chi connectivity index (χ2v) is 3.66. The molecule has 0 fully saturated rings. The second kappa shape index (κ2) is 2.79. The minimum Gasteiger partial charge on any atom is -0.289 e. The first kappa shape index (κ1) is 9.17. The van der Waals surface area contributed by atoms with Crippen LogP contribution >= 0.6 is 11.6 Å². The van der Waals surface area contributed by atoms with Gasteiger partial charge in [0.05, 0.1) is 0 Å². The lowest BCUT2D eigenvalue weighted by Crippen LogP contribution is -2.27. The standard InChI is InChI=1S/C10H5ClFNO/c11-7-1-2-8-6(3-7)4-10(12,5-13)9(8)14/h1-3H,4H2/t10-/m1/s1. The van der Waals surface area contributed by atoms with Crippen molar-refractivity contribution in [2.45, 2.75) is 12.1 Å². The van der Waals surface area contributed by atoms with Crippen molar-refractivity contribution in [2.24, 2.45) is 0 Å². The fourth-order valence-corrected chi connectivity index (χ4v) is 1.77. The van der Waals surface area contributed by atoms with Crippen LogP contribution in [0, 0.1) is 11.3 Å². The molecule has 4 heteroatoms. The summed E-state index contributed by atoms with van der Waals surface area (Å²) < 4.78 is 13.6. The molecule has 0 saturated carbocycles. The number of carbonyl (C=O) groups is 1. The molecule has 0 heterocycles. The van der Waals surface area contributed by atoms with E-state index in [4.69, 9.17) is 16.9 Å². The van der Waals surface area contributed by atoms with Crippen molar-refractivity contribution in [3.8, 4) is 6.07 Å². The number of rotatable bonds is 0. The van der Waals surface area contributed by atoms with Crippen molar-refractivity contribution in [3.05, 3.63) is 34.3 Å². The minimum atomic E-state index is -2.40. The second-order valence-electron chi connectivity index (χ2n) is 3.22. The van der Waals surface area contributed by atoms with Gasteiger partial charge in [-0.2, -0.15) is 5.26 Å². The number of Topliss-reactive ketones (excluding diaryl/α,β-unsaturated/α-hetero) is 1. The van der Waals surface area contributed by atoms with Crippen LogP contribution in [-0.2, 0) is 6.42 Å². The fourth-order valence-electron chi connectivity index (χ4n) is 1.58. The van der Waals surface area contributed by atoms with Crippen LogP contribution in [0.3, 0.4) is 0 Å². The summed E-state index contributed by atoms with van der Waals surface area (Å²) in [4.78, 5) is 11.4. The zero-order valence-corrected chi connectivity index (χ0v) is 7.81. The third-order valence-electron chi connectivity index (χ3n) is 2.28. The summed E-state index contributed by atoms with van der Waals surface area (Å²) in [6.45, 7) is 0. The maximum absolute atomic E-state index is 13.6. The highest BCUT2D eigenvalue weighted by molar-refractivity contribution is 6.31. The first-order valence-corrected chi connectivity index (χ1v) is 4.38. The summed E-state index contributed by atoms with van der Waals surface area (Å²) in [5, 5.41) is 9.00. The van der Waals surface area contributed by atoms with E-state index in [1.54, 1.807) is 0 Å². The number of carbonyl (C=O) groups excluding carboxylic acids is 1. The number of alkyl halides is 1. The molecule has 0 saturated heterocycles. The van der Waals surface area contributed by atoms with Crippen molar-refractivity contribution >= 4 is 17.4 Å². The largest absolute Gasteiger partial charge is 0.289 e. The third kappa shape index (κ3) is 1.11. The van der Waals surface area contributed by atoms with Gasteiger partial charge in [0.15, 0.2) is 0 Å². The average Bonchev–Trinajstić information content (AvgIpc) is 2.40. The van der Waals surface area contributed by atoms with Crippen LogP contribution in [0.2, 0.25) is 5.02 Å². The van der Waals surface area contributed by atoms with Crippen molar-refractivity contribution in [2.75, 3.05) is 0 Å². The van der Waals surface area contributed by atoms with Gasteiger partial charge in [-0.3, -0.25) is 4.79 Å². The van der Waals surface area contributed by atoms with Gasteiger partial charge >= 0.3 is 0 Å². The Morgan fingerprint density at radius 1 is 1.57 bits per heavy atom. The molecule has 2 nitrogen and oxygen atoms in total. The molecule has 0 amide bonds. The monoisotopic (exact) mass is 209 g/mol. The summed E-state index contributed by atoms with van der Waals surface area (Å²) >= 11 is 5.69. The van der Waals surface area contributed by atoms with Crippen molar-refractivity contribution in [1.29, 1.82) is 5.26 Å². The Morgan fingerprint density at radius 2 is 2.29 bits per heavy atom. The molecule has 70 valence electrons. The summed E-state index contributed by atoms with van der Waals surface area (Å²) in [6, 6.07) is 5.89. The van der Waals surface area contributed by atoms with Gasteiger partial charge in [0.1, 0.15) is 6.07 Å². The van der Waals surface area contributed by atoms with Gasteiger partial charge in [-0.05, 0) is 23.8 Å². The lowest BCUT2D eigenvalue weighted by Gasteiger charge is -2.04. The van der Waals surface area contributed by atoms with E-state index in [0.29, 0.717) is 10.6 Å². The van der Waals surface area contributed by atoms with Crippen molar-refractivity contribution in [3.63, 3.8) is 0 Å². The molecule has 1 aliphatic carbocycles. The molecule has 2 rings (SSSR count). The number of benzene rings is 1. The maximum atomic E-state index is 13.6. The quantitative estimate of drug-likeness (QED) is 0.658. The Labute approximate surface area is 84.9 Å². The summed E-state index contributed by atoms with van der Waals surface area (Å²) in [6.07, 6.45) is -0.196. The number of hydrogen-bond acceptors (Lipinski definition) is 2. The molecule has 0 aromatic heterocycles. The number of ketones is 1. The first-order chi connectivity index (χ1) is 6.57. The van der Waals surface area contributed by atoms with E-state index in [2.05, 4.69) is 0 Å². The molecule has 0 radical (unpaired) electrons. The van der Waals surface area contributed by atoms with Crippen molar-refractivity contribution < 1.29 is 9.18 Å². The molecule has 0 spiro atoms. The molecule has 1 aliphatic rings. The number of hydrogen-bond donors (Lipinski definition) is 0. The van der Waals surface area contributed by atoms with Crippen LogP contribution in [0.25, 0.3) is 0 Å². The summed E-state index contributed by atoms with van der Waals surface area (Å²) in [5.41, 5.74) is -1.63. The van der Waals surface area contributed by atoms with E-state index in [9.17, 15) is 9.18 Å². The predicted octanol–water partition coefficient (Wildman–Crippen LogP) is 2.31. The van der Waals surface area contributed by atoms with Gasteiger partial charge in [0, 0.05) is 17.0 Å². The Hall–Kier alpha value is -1.40. The first-order valence-electron chi connectivity index (χ1n) is 4.00. The predicted molar refractivity (Wildman–Crippen MR) is 48.9 cm³/mol. The average molecular weight is 210 g/mol. The number of nitrogens with zero attached hydrogens (tertiary/aromatic N) is 1. The van der Waals surface area contributed by atoms with Crippen LogP contribution in [0.15, 0.2) is 18.2 Å². The van der Waals surface area contributed by atoms with Gasteiger partial charge in [-0.1, -0.05) is 11.6 Å². The smallest absolute Gasteiger partial charge is 0.261 e. The van der Waals surface area contributed by atoms with E-state index in [1.165, 1.54) is 24.3 Å². The SMILES string of the molecule is N#C[C@]1(F)Cc2cc(Cl)ccc2C1=O. The Bertz CT molecular complexity index is 466. The number of nitriles is 1. The Morgan fingerprint density at radius 3 is 2.93 bits per heavy atom.